The molecule has 0 aliphatic carbocycles. The van der Waals surface area contributed by atoms with Crippen LogP contribution >= 0.6 is 11.8 Å². The van der Waals surface area contributed by atoms with Gasteiger partial charge in [0, 0.05) is 30.4 Å². The predicted molar refractivity (Wildman–Crippen MR) is 70.0 cm³/mol. The Balaban J connectivity index is 1.97. The van der Waals surface area contributed by atoms with Crippen molar-refractivity contribution in [2.75, 3.05) is 11.9 Å². The lowest BCUT2D eigenvalue weighted by Gasteiger charge is -2.05. The zero-order valence-electron chi connectivity index (χ0n) is 9.63. The smallest absolute Gasteiger partial charge is 0.116 e. The van der Waals surface area contributed by atoms with Gasteiger partial charge in [0.2, 0.25) is 0 Å². The fourth-order valence-electron chi connectivity index (χ4n) is 1.38. The summed E-state index contributed by atoms with van der Waals surface area (Å²) in [7, 11) is 0. The fourth-order valence-corrected chi connectivity index (χ4v) is 2.12. The number of hydrogen-bond acceptors (Lipinski definition) is 5. The number of hydrogen-bond donors (Lipinski definition) is 1. The number of nitrogens with zero attached hydrogens (tertiary/aromatic N) is 3. The average Bonchev–Trinajstić information content (AvgIpc) is 2.39. The second-order valence-corrected chi connectivity index (χ2v) is 4.40. The second-order valence-electron chi connectivity index (χ2n) is 3.40. The first-order valence-corrected chi connectivity index (χ1v) is 6.44. The van der Waals surface area contributed by atoms with Crippen molar-refractivity contribution in [3.63, 3.8) is 0 Å². The Hall–Kier alpha value is -1.62. The molecule has 0 aliphatic heterocycles. The lowest BCUT2D eigenvalue weighted by molar-refractivity contribution is 1.04. The first-order valence-electron chi connectivity index (χ1n) is 5.46. The monoisotopic (exact) mass is 246 g/mol. The van der Waals surface area contributed by atoms with E-state index in [4.69, 9.17) is 0 Å². The van der Waals surface area contributed by atoms with Crippen molar-refractivity contribution in [2.45, 2.75) is 17.7 Å². The molecule has 5 heteroatoms. The van der Waals surface area contributed by atoms with E-state index in [1.54, 1.807) is 24.3 Å². The molecule has 4 nitrogen and oxygen atoms in total. The molecule has 2 rings (SSSR count). The summed E-state index contributed by atoms with van der Waals surface area (Å²) in [6.07, 6.45) is 5.14. The van der Waals surface area contributed by atoms with Gasteiger partial charge in [-0.25, -0.2) is 9.97 Å². The summed E-state index contributed by atoms with van der Waals surface area (Å²) in [5.41, 5.74) is 2.16. The van der Waals surface area contributed by atoms with Crippen molar-refractivity contribution in [3.8, 4) is 0 Å². The quantitative estimate of drug-likeness (QED) is 0.649. The first kappa shape index (κ1) is 11.9. The number of aromatic nitrogens is 3. The summed E-state index contributed by atoms with van der Waals surface area (Å²) in [5, 5.41) is 4.24. The maximum Gasteiger partial charge on any atom is 0.116 e. The minimum Gasteiger partial charge on any atom is -0.385 e. The summed E-state index contributed by atoms with van der Waals surface area (Å²) in [5.74, 6) is 0.816. The van der Waals surface area contributed by atoms with Gasteiger partial charge in [0.05, 0.1) is 10.7 Å². The highest BCUT2D eigenvalue weighted by Gasteiger charge is 1.99. The Morgan fingerprint density at radius 3 is 2.94 bits per heavy atom. The van der Waals surface area contributed by atoms with Crippen molar-refractivity contribution in [2.24, 2.45) is 0 Å². The molecule has 17 heavy (non-hydrogen) atoms. The first-order chi connectivity index (χ1) is 8.38. The normalized spacial score (nSPS) is 10.2. The molecule has 88 valence electrons. The molecule has 2 aromatic heterocycles. The van der Waals surface area contributed by atoms with Crippen LogP contribution in [0.3, 0.4) is 0 Å². The SMILES string of the molecule is CCNc1ccnc(CSc2ccncn2)c1. The number of rotatable bonds is 5. The molecule has 0 aliphatic rings. The molecule has 0 unspecified atom stereocenters. The van der Waals surface area contributed by atoms with Crippen LogP contribution in [0.5, 0.6) is 0 Å². The molecule has 0 saturated heterocycles. The Bertz CT molecular complexity index is 461. The molecule has 0 radical (unpaired) electrons. The van der Waals surface area contributed by atoms with Crippen LogP contribution in [-0.4, -0.2) is 21.5 Å². The van der Waals surface area contributed by atoms with Gasteiger partial charge in [0.1, 0.15) is 6.33 Å². The van der Waals surface area contributed by atoms with E-state index in [-0.39, 0.29) is 0 Å². The molecule has 2 aromatic rings. The van der Waals surface area contributed by atoms with Crippen LogP contribution in [0.2, 0.25) is 0 Å². The number of thioether (sulfide) groups is 1. The highest BCUT2D eigenvalue weighted by Crippen LogP contribution is 2.20. The third-order valence-electron chi connectivity index (χ3n) is 2.12. The number of nitrogens with one attached hydrogen (secondary N) is 1. The largest absolute Gasteiger partial charge is 0.385 e. The van der Waals surface area contributed by atoms with Gasteiger partial charge in [-0.15, -0.1) is 0 Å². The van der Waals surface area contributed by atoms with E-state index >= 15 is 0 Å². The van der Waals surface area contributed by atoms with Crippen molar-refractivity contribution in [1.29, 1.82) is 0 Å². The van der Waals surface area contributed by atoms with Gasteiger partial charge in [-0.2, -0.15) is 0 Å². The third kappa shape index (κ3) is 3.71. The molecule has 0 bridgehead atoms. The Morgan fingerprint density at radius 1 is 1.24 bits per heavy atom. The molecule has 0 atom stereocenters. The third-order valence-corrected chi connectivity index (χ3v) is 3.10. The summed E-state index contributed by atoms with van der Waals surface area (Å²) in [6.45, 7) is 3.00. The topological polar surface area (TPSA) is 50.7 Å². The molecule has 0 amide bonds. The molecule has 0 spiro atoms. The lowest BCUT2D eigenvalue weighted by atomic mass is 10.3. The van der Waals surface area contributed by atoms with E-state index in [2.05, 4.69) is 33.3 Å². The highest BCUT2D eigenvalue weighted by atomic mass is 32.2. The van der Waals surface area contributed by atoms with Crippen molar-refractivity contribution >= 4 is 17.4 Å². The van der Waals surface area contributed by atoms with Crippen LogP contribution in [0, 0.1) is 0 Å². The fraction of sp³-hybridized carbons (Fsp3) is 0.250. The molecule has 0 fully saturated rings. The van der Waals surface area contributed by atoms with Gasteiger partial charge >= 0.3 is 0 Å². The maximum atomic E-state index is 4.33. The second kappa shape index (κ2) is 6.20. The summed E-state index contributed by atoms with van der Waals surface area (Å²) < 4.78 is 0. The summed E-state index contributed by atoms with van der Waals surface area (Å²) >= 11 is 1.66. The zero-order chi connectivity index (χ0) is 11.9. The van der Waals surface area contributed by atoms with Crippen LogP contribution in [0.1, 0.15) is 12.6 Å². The number of pyridine rings is 1. The summed E-state index contributed by atoms with van der Waals surface area (Å²) in [6, 6.07) is 5.94. The van der Waals surface area contributed by atoms with E-state index in [1.165, 1.54) is 0 Å². The van der Waals surface area contributed by atoms with Gasteiger partial charge in [-0.1, -0.05) is 11.8 Å². The Morgan fingerprint density at radius 2 is 2.18 bits per heavy atom. The van der Waals surface area contributed by atoms with Crippen LogP contribution < -0.4 is 5.32 Å². The van der Waals surface area contributed by atoms with Crippen LogP contribution in [0.25, 0.3) is 0 Å². The minimum atomic E-state index is 0.816. The highest BCUT2D eigenvalue weighted by molar-refractivity contribution is 7.98. The van der Waals surface area contributed by atoms with Gasteiger partial charge in [0.15, 0.2) is 0 Å². The predicted octanol–water partition coefficient (Wildman–Crippen LogP) is 2.60. The zero-order valence-corrected chi connectivity index (χ0v) is 10.4. The minimum absolute atomic E-state index is 0.816. The van der Waals surface area contributed by atoms with Crippen molar-refractivity contribution < 1.29 is 0 Å². The number of anilines is 1. The summed E-state index contributed by atoms with van der Waals surface area (Å²) in [4.78, 5) is 12.4. The van der Waals surface area contributed by atoms with Crippen molar-refractivity contribution in [3.05, 3.63) is 42.6 Å². The molecular weight excluding hydrogens is 232 g/mol. The van der Waals surface area contributed by atoms with Crippen LogP contribution in [0.15, 0.2) is 41.9 Å². The van der Waals surface area contributed by atoms with E-state index in [0.717, 1.165) is 28.7 Å². The van der Waals surface area contributed by atoms with Gasteiger partial charge in [0.25, 0.3) is 0 Å². The molecular formula is C12H14N4S. The average molecular weight is 246 g/mol. The molecule has 2 heterocycles. The molecule has 0 aromatic carbocycles. The van der Waals surface area contributed by atoms with E-state index in [0.29, 0.717) is 0 Å². The van der Waals surface area contributed by atoms with E-state index < -0.39 is 0 Å². The van der Waals surface area contributed by atoms with Crippen LogP contribution in [-0.2, 0) is 5.75 Å². The molecule has 0 saturated carbocycles. The standard InChI is InChI=1S/C12H14N4S/c1-2-14-10-3-6-15-11(7-10)8-17-12-4-5-13-9-16-12/h3-7,9H,2,8H2,1H3,(H,14,15). The Labute approximate surface area is 105 Å². The van der Waals surface area contributed by atoms with Crippen LogP contribution in [0.4, 0.5) is 5.69 Å². The van der Waals surface area contributed by atoms with Gasteiger partial charge in [-0.3, -0.25) is 4.98 Å². The Kier molecular flexibility index (Phi) is 4.32. The lowest BCUT2D eigenvalue weighted by Crippen LogP contribution is -1.98. The van der Waals surface area contributed by atoms with Gasteiger partial charge in [-0.05, 0) is 25.1 Å². The maximum absolute atomic E-state index is 4.33. The van der Waals surface area contributed by atoms with Crippen molar-refractivity contribution in [1.82, 2.24) is 15.0 Å². The molecule has 1 N–H and O–H groups in total. The van der Waals surface area contributed by atoms with E-state index in [9.17, 15) is 0 Å². The van der Waals surface area contributed by atoms with Gasteiger partial charge < -0.3 is 5.32 Å². The van der Waals surface area contributed by atoms with E-state index in [1.807, 2.05) is 18.3 Å².